The summed E-state index contributed by atoms with van der Waals surface area (Å²) in [5, 5.41) is 53.9. The Hall–Kier alpha value is -1.59. The molecule has 1 fully saturated rings. The Morgan fingerprint density at radius 3 is 1.56 bits per heavy atom. The number of carbonyl (C=O) groups is 1. The number of rotatable bonds is 37. The van der Waals surface area contributed by atoms with Crippen LogP contribution in [0, 0.1) is 0 Å². The number of ether oxygens (including phenoxy) is 2. The van der Waals surface area contributed by atoms with E-state index >= 15 is 0 Å². The van der Waals surface area contributed by atoms with Gasteiger partial charge >= 0.3 is 0 Å². The maximum Gasteiger partial charge on any atom is 0.220 e. The van der Waals surface area contributed by atoms with Crippen molar-refractivity contribution in [2.45, 2.75) is 236 Å². The van der Waals surface area contributed by atoms with Crippen molar-refractivity contribution in [2.24, 2.45) is 0 Å². The van der Waals surface area contributed by atoms with Gasteiger partial charge in [0.15, 0.2) is 6.29 Å². The Labute approximate surface area is 336 Å². The van der Waals surface area contributed by atoms with E-state index in [-0.39, 0.29) is 12.5 Å². The Kier molecular flexibility index (Phi) is 34.3. The fraction of sp³-hybridized carbons (Fsp3) is 0.848. The maximum atomic E-state index is 12.9. The average molecular weight is 780 g/mol. The Morgan fingerprint density at radius 2 is 1.04 bits per heavy atom. The van der Waals surface area contributed by atoms with E-state index in [1.807, 2.05) is 6.08 Å². The van der Waals surface area contributed by atoms with Crippen LogP contribution in [-0.4, -0.2) is 87.5 Å². The van der Waals surface area contributed by atoms with Crippen LogP contribution in [0.3, 0.4) is 0 Å². The first-order valence-corrected chi connectivity index (χ1v) is 22.7. The third kappa shape index (κ3) is 27.6. The summed E-state index contributed by atoms with van der Waals surface area (Å²) in [4.78, 5) is 12.9. The van der Waals surface area contributed by atoms with Crippen molar-refractivity contribution in [3.8, 4) is 0 Å². The van der Waals surface area contributed by atoms with Gasteiger partial charge in [-0.05, 0) is 57.8 Å². The van der Waals surface area contributed by atoms with Crippen LogP contribution in [0.25, 0.3) is 0 Å². The lowest BCUT2D eigenvalue weighted by molar-refractivity contribution is -0.302. The minimum Gasteiger partial charge on any atom is -0.394 e. The lowest BCUT2D eigenvalue weighted by Gasteiger charge is -2.40. The molecule has 0 aromatic carbocycles. The molecule has 0 radical (unpaired) electrons. The number of carbonyl (C=O) groups excluding carboxylic acids is 1. The van der Waals surface area contributed by atoms with Gasteiger partial charge in [-0.1, -0.05) is 166 Å². The van der Waals surface area contributed by atoms with Crippen molar-refractivity contribution >= 4 is 5.91 Å². The molecule has 0 aromatic rings. The molecular weight excluding hydrogens is 695 g/mol. The second-order valence-electron chi connectivity index (χ2n) is 15.8. The molecule has 1 rings (SSSR count). The molecule has 55 heavy (non-hydrogen) atoms. The number of unbranched alkanes of at least 4 members (excludes halogenated alkanes) is 23. The highest BCUT2D eigenvalue weighted by Gasteiger charge is 2.44. The van der Waals surface area contributed by atoms with E-state index in [1.54, 1.807) is 6.08 Å². The first-order chi connectivity index (χ1) is 26.8. The zero-order chi connectivity index (χ0) is 40.2. The third-order valence-corrected chi connectivity index (χ3v) is 10.7. The van der Waals surface area contributed by atoms with Crippen LogP contribution in [0.1, 0.15) is 194 Å². The van der Waals surface area contributed by atoms with Crippen molar-refractivity contribution in [1.82, 2.24) is 5.32 Å². The number of hydrogen-bond acceptors (Lipinski definition) is 8. The molecule has 6 N–H and O–H groups in total. The smallest absolute Gasteiger partial charge is 0.220 e. The first kappa shape index (κ1) is 51.4. The molecule has 9 heteroatoms. The number of aliphatic hydroxyl groups excluding tert-OH is 5. The molecule has 2 unspecified atom stereocenters. The first-order valence-electron chi connectivity index (χ1n) is 22.7. The Balaban J connectivity index is 2.25. The SMILES string of the molecule is CCCCC/C=C/CC/C=C/[C@@H](O)[C@H](CO[C@H]1O[C@@H](CO)[C@H](O)C(O)C1O)NC(=O)CCCCCCCCCCCCCCC/C=C/CCCCCCCC. The van der Waals surface area contributed by atoms with Crippen molar-refractivity contribution in [1.29, 1.82) is 0 Å². The van der Waals surface area contributed by atoms with Crippen LogP contribution >= 0.6 is 0 Å². The summed E-state index contributed by atoms with van der Waals surface area (Å²) in [6.07, 6.45) is 37.8. The molecule has 0 bridgehead atoms. The fourth-order valence-corrected chi connectivity index (χ4v) is 6.99. The standard InChI is InChI=1S/C46H85NO8/c1-3-5-7-9-11-13-14-15-16-17-18-19-20-21-22-23-24-25-26-28-30-32-34-36-42(50)47-39(40(49)35-33-31-29-27-12-10-8-6-4-2)38-54-46-45(53)44(52)43(51)41(37-48)55-46/h12,15-16,27,33,35,39-41,43-46,48-49,51-53H,3-11,13-14,17-26,28-32,34,36-38H2,1-2H3,(H,47,50)/b16-15+,27-12+,35-33+/t39-,40+,41-,43-,44?,45?,46-/m0/s1. The number of allylic oxidation sites excluding steroid dienone is 5. The van der Waals surface area contributed by atoms with E-state index < -0.39 is 49.5 Å². The van der Waals surface area contributed by atoms with Gasteiger partial charge in [0.05, 0.1) is 25.4 Å². The van der Waals surface area contributed by atoms with Crippen LogP contribution in [0.4, 0.5) is 0 Å². The summed E-state index contributed by atoms with van der Waals surface area (Å²) in [7, 11) is 0. The summed E-state index contributed by atoms with van der Waals surface area (Å²) in [6, 6.07) is -0.817. The van der Waals surface area contributed by atoms with Crippen LogP contribution < -0.4 is 5.32 Å². The van der Waals surface area contributed by atoms with Crippen LogP contribution in [-0.2, 0) is 14.3 Å². The summed E-state index contributed by atoms with van der Waals surface area (Å²) < 4.78 is 11.2. The number of amides is 1. The molecule has 0 spiro atoms. The lowest BCUT2D eigenvalue weighted by Crippen LogP contribution is -2.60. The molecule has 0 aromatic heterocycles. The second kappa shape index (κ2) is 36.7. The van der Waals surface area contributed by atoms with Gasteiger partial charge in [-0.15, -0.1) is 0 Å². The average Bonchev–Trinajstić information content (AvgIpc) is 3.18. The molecule has 1 heterocycles. The third-order valence-electron chi connectivity index (χ3n) is 10.7. The van der Waals surface area contributed by atoms with E-state index in [1.165, 1.54) is 135 Å². The predicted octanol–water partition coefficient (Wildman–Crippen LogP) is 9.28. The van der Waals surface area contributed by atoms with E-state index in [2.05, 4.69) is 43.5 Å². The molecule has 7 atom stereocenters. The minimum atomic E-state index is -1.57. The Bertz CT molecular complexity index is 956. The van der Waals surface area contributed by atoms with Crippen LogP contribution in [0.15, 0.2) is 36.5 Å². The predicted molar refractivity (Wildman–Crippen MR) is 226 cm³/mol. The topological polar surface area (TPSA) is 149 Å². The van der Waals surface area contributed by atoms with E-state index in [4.69, 9.17) is 9.47 Å². The monoisotopic (exact) mass is 780 g/mol. The summed E-state index contributed by atoms with van der Waals surface area (Å²) in [6.45, 7) is 3.69. The number of aliphatic hydroxyl groups is 5. The van der Waals surface area contributed by atoms with Crippen molar-refractivity contribution in [3.63, 3.8) is 0 Å². The van der Waals surface area contributed by atoms with Gasteiger partial charge < -0.3 is 40.3 Å². The highest BCUT2D eigenvalue weighted by molar-refractivity contribution is 5.76. The van der Waals surface area contributed by atoms with Gasteiger partial charge in [0.25, 0.3) is 0 Å². The molecule has 0 aliphatic carbocycles. The van der Waals surface area contributed by atoms with Gasteiger partial charge in [0, 0.05) is 6.42 Å². The molecule has 1 amide bonds. The molecule has 1 aliphatic heterocycles. The van der Waals surface area contributed by atoms with E-state index in [0.717, 1.165) is 38.5 Å². The molecule has 0 saturated carbocycles. The maximum absolute atomic E-state index is 12.9. The highest BCUT2D eigenvalue weighted by Crippen LogP contribution is 2.22. The van der Waals surface area contributed by atoms with Gasteiger partial charge in [0.2, 0.25) is 5.91 Å². The van der Waals surface area contributed by atoms with Crippen molar-refractivity contribution in [3.05, 3.63) is 36.5 Å². The van der Waals surface area contributed by atoms with Gasteiger partial charge in [0.1, 0.15) is 24.4 Å². The fourth-order valence-electron chi connectivity index (χ4n) is 6.99. The summed E-state index contributed by atoms with van der Waals surface area (Å²) in [5.74, 6) is -0.190. The zero-order valence-electron chi connectivity index (χ0n) is 35.2. The second-order valence-corrected chi connectivity index (χ2v) is 15.8. The van der Waals surface area contributed by atoms with Crippen molar-refractivity contribution in [2.75, 3.05) is 13.2 Å². The largest absolute Gasteiger partial charge is 0.394 e. The number of nitrogens with one attached hydrogen (secondary N) is 1. The van der Waals surface area contributed by atoms with E-state index in [9.17, 15) is 30.3 Å². The van der Waals surface area contributed by atoms with Gasteiger partial charge in [-0.2, -0.15) is 0 Å². The summed E-state index contributed by atoms with van der Waals surface area (Å²) in [5.41, 5.74) is 0. The zero-order valence-corrected chi connectivity index (χ0v) is 35.2. The number of hydrogen-bond donors (Lipinski definition) is 6. The lowest BCUT2D eigenvalue weighted by atomic mass is 9.99. The highest BCUT2D eigenvalue weighted by atomic mass is 16.7. The van der Waals surface area contributed by atoms with Gasteiger partial charge in [-0.3, -0.25) is 4.79 Å². The van der Waals surface area contributed by atoms with Crippen LogP contribution in [0.5, 0.6) is 0 Å². The summed E-state index contributed by atoms with van der Waals surface area (Å²) >= 11 is 0. The quantitative estimate of drug-likeness (QED) is 0.0270. The molecule has 1 saturated heterocycles. The van der Waals surface area contributed by atoms with E-state index in [0.29, 0.717) is 6.42 Å². The van der Waals surface area contributed by atoms with Crippen molar-refractivity contribution < 1.29 is 39.8 Å². The molecular formula is C46H85NO8. The molecule has 9 nitrogen and oxygen atoms in total. The van der Waals surface area contributed by atoms with Gasteiger partial charge in [-0.25, -0.2) is 0 Å². The Morgan fingerprint density at radius 1 is 0.600 bits per heavy atom. The normalized spacial score (nSPS) is 21.6. The minimum absolute atomic E-state index is 0.190. The molecule has 322 valence electrons. The molecule has 1 aliphatic rings. The van der Waals surface area contributed by atoms with Crippen LogP contribution in [0.2, 0.25) is 0 Å².